The molecule has 9 heteroatoms. The molecule has 0 radical (unpaired) electrons. The maximum atomic E-state index is 12.7. The Balaban J connectivity index is 2.74. The first-order valence-electron chi connectivity index (χ1n) is 10.1. The maximum Gasteiger partial charge on any atom is 0.337 e. The molecule has 0 aromatic heterocycles. The Morgan fingerprint density at radius 2 is 1.88 bits per heavy atom. The van der Waals surface area contributed by atoms with Crippen LogP contribution in [0.1, 0.15) is 33.6 Å². The van der Waals surface area contributed by atoms with Crippen LogP contribution in [0.25, 0.3) is 0 Å². The van der Waals surface area contributed by atoms with Gasteiger partial charge in [0.25, 0.3) is 0 Å². The van der Waals surface area contributed by atoms with E-state index in [0.29, 0.717) is 5.57 Å². The average molecular weight is 448 g/mol. The first kappa shape index (κ1) is 25.1. The van der Waals surface area contributed by atoms with Crippen LogP contribution in [0.15, 0.2) is 47.6 Å². The van der Waals surface area contributed by atoms with Gasteiger partial charge in [-0.05, 0) is 32.3 Å². The summed E-state index contributed by atoms with van der Waals surface area (Å²) in [5.41, 5.74) is 0.418. The number of aliphatic hydroxyl groups excluding tert-OH is 1. The molecule has 1 N–H and O–H groups in total. The van der Waals surface area contributed by atoms with Gasteiger partial charge < -0.3 is 24.1 Å². The maximum absolute atomic E-state index is 12.7. The van der Waals surface area contributed by atoms with Crippen molar-refractivity contribution in [2.24, 2.45) is 5.92 Å². The summed E-state index contributed by atoms with van der Waals surface area (Å²) < 4.78 is 21.3. The second-order valence-corrected chi connectivity index (χ2v) is 7.59. The number of hydrogen-bond donors (Lipinski definition) is 1. The van der Waals surface area contributed by atoms with Gasteiger partial charge in [0.2, 0.25) is 0 Å². The minimum absolute atomic E-state index is 0.0753. The number of esters is 4. The predicted octanol–water partition coefficient (Wildman–Crippen LogP) is 1.70. The van der Waals surface area contributed by atoms with Crippen LogP contribution in [-0.4, -0.2) is 60.5 Å². The van der Waals surface area contributed by atoms with Crippen molar-refractivity contribution in [3.8, 4) is 0 Å². The summed E-state index contributed by atoms with van der Waals surface area (Å²) in [5.74, 6) is -4.27. The lowest BCUT2D eigenvalue weighted by Crippen LogP contribution is -2.49. The summed E-state index contributed by atoms with van der Waals surface area (Å²) >= 11 is 0. The van der Waals surface area contributed by atoms with Crippen molar-refractivity contribution in [3.63, 3.8) is 0 Å². The van der Waals surface area contributed by atoms with E-state index in [0.717, 1.165) is 14.0 Å². The lowest BCUT2D eigenvalue weighted by Gasteiger charge is -2.35. The quantitative estimate of drug-likeness (QED) is 0.296. The molecule has 9 nitrogen and oxygen atoms in total. The molecule has 1 fully saturated rings. The lowest BCUT2D eigenvalue weighted by molar-refractivity contribution is -0.170. The Hall–Kier alpha value is -3.20. The fraction of sp³-hybridized carbons (Fsp3) is 0.478. The number of aliphatic hydroxyl groups is 1. The third-order valence-corrected chi connectivity index (χ3v) is 5.49. The Morgan fingerprint density at radius 1 is 1.22 bits per heavy atom. The summed E-state index contributed by atoms with van der Waals surface area (Å²) in [7, 11) is 1.16. The minimum atomic E-state index is -1.44. The van der Waals surface area contributed by atoms with Gasteiger partial charge in [0, 0.05) is 18.1 Å². The molecule has 0 aromatic rings. The van der Waals surface area contributed by atoms with Gasteiger partial charge in [0.1, 0.15) is 12.2 Å². The number of methoxy groups -OCH3 is 1. The van der Waals surface area contributed by atoms with Crippen LogP contribution >= 0.6 is 0 Å². The molecule has 2 aliphatic rings. The van der Waals surface area contributed by atoms with Crippen molar-refractivity contribution in [2.45, 2.75) is 58.0 Å². The molecular weight excluding hydrogens is 420 g/mol. The van der Waals surface area contributed by atoms with E-state index in [2.05, 4.69) is 13.2 Å². The van der Waals surface area contributed by atoms with Gasteiger partial charge in [-0.15, -0.1) is 0 Å². The SMILES string of the molecule is C=C1C(=O)O[C@@H]2[C@H]1[C@@H](OC(=O)/C(C)=C/C)[C@H](OC(C)=O)/C(C(=O)OC)=C/CCC(=C)[C@@H]2O. The van der Waals surface area contributed by atoms with Gasteiger partial charge >= 0.3 is 23.9 Å². The molecule has 0 spiro atoms. The largest absolute Gasteiger partial charge is 0.466 e. The first-order valence-corrected chi connectivity index (χ1v) is 10.1. The van der Waals surface area contributed by atoms with Gasteiger partial charge in [-0.25, -0.2) is 14.4 Å². The molecule has 174 valence electrons. The smallest absolute Gasteiger partial charge is 0.337 e. The van der Waals surface area contributed by atoms with Crippen molar-refractivity contribution in [3.05, 3.63) is 47.6 Å². The van der Waals surface area contributed by atoms with Gasteiger partial charge in [-0.3, -0.25) is 4.79 Å². The average Bonchev–Trinajstić information content (AvgIpc) is 3.05. The normalized spacial score (nSPS) is 30.4. The molecule has 0 bridgehead atoms. The van der Waals surface area contributed by atoms with E-state index in [-0.39, 0.29) is 29.6 Å². The van der Waals surface area contributed by atoms with E-state index < -0.39 is 54.2 Å². The van der Waals surface area contributed by atoms with Crippen LogP contribution in [-0.2, 0) is 38.1 Å². The zero-order chi connectivity index (χ0) is 24.2. The molecule has 1 aliphatic carbocycles. The Morgan fingerprint density at radius 3 is 2.44 bits per heavy atom. The standard InChI is InChI=1S/C23H28O9/c1-7-11(2)21(26)32-20-16-13(4)22(27)31-19(16)17(25)12(3)9-8-10-15(23(28)29-6)18(20)30-14(5)24/h7,10,16-20,25H,3-4,8-9H2,1-2,5-6H3/b11-7+,15-10-/t16-,17-,18+,19+,20+/m0/s1. The monoisotopic (exact) mass is 448 g/mol. The van der Waals surface area contributed by atoms with E-state index in [1.165, 1.54) is 19.1 Å². The highest BCUT2D eigenvalue weighted by Gasteiger charge is 2.53. The minimum Gasteiger partial charge on any atom is -0.466 e. The Kier molecular flexibility index (Phi) is 8.15. The summed E-state index contributed by atoms with van der Waals surface area (Å²) in [6.07, 6.45) is -1.88. The molecule has 2 rings (SSSR count). The zero-order valence-corrected chi connectivity index (χ0v) is 18.6. The van der Waals surface area contributed by atoms with Crippen molar-refractivity contribution in [1.29, 1.82) is 0 Å². The molecule has 1 aliphatic heterocycles. The fourth-order valence-corrected chi connectivity index (χ4v) is 3.62. The summed E-state index contributed by atoms with van der Waals surface area (Å²) in [4.78, 5) is 49.6. The first-order chi connectivity index (χ1) is 15.0. The van der Waals surface area contributed by atoms with Crippen LogP contribution < -0.4 is 0 Å². The van der Waals surface area contributed by atoms with E-state index in [4.69, 9.17) is 18.9 Å². The van der Waals surface area contributed by atoms with E-state index in [9.17, 15) is 24.3 Å². The van der Waals surface area contributed by atoms with Gasteiger partial charge in [-0.1, -0.05) is 25.3 Å². The molecular formula is C23H28O9. The highest BCUT2D eigenvalue weighted by Crippen LogP contribution is 2.39. The van der Waals surface area contributed by atoms with Crippen LogP contribution in [0.3, 0.4) is 0 Å². The van der Waals surface area contributed by atoms with E-state index in [1.807, 2.05) is 0 Å². The number of hydrogen-bond acceptors (Lipinski definition) is 9. The summed E-state index contributed by atoms with van der Waals surface area (Å²) in [5, 5.41) is 10.8. The molecule has 1 heterocycles. The molecule has 32 heavy (non-hydrogen) atoms. The number of rotatable bonds is 4. The van der Waals surface area contributed by atoms with Crippen LogP contribution in [0.5, 0.6) is 0 Å². The van der Waals surface area contributed by atoms with E-state index >= 15 is 0 Å². The number of allylic oxidation sites excluding steroid dienone is 2. The van der Waals surface area contributed by atoms with Crippen molar-refractivity contribution in [2.75, 3.05) is 7.11 Å². The van der Waals surface area contributed by atoms with Gasteiger partial charge in [-0.2, -0.15) is 0 Å². The number of fused-ring (bicyclic) bond motifs is 1. The Bertz CT molecular complexity index is 895. The van der Waals surface area contributed by atoms with Crippen molar-refractivity contribution in [1.82, 2.24) is 0 Å². The zero-order valence-electron chi connectivity index (χ0n) is 18.6. The van der Waals surface area contributed by atoms with Crippen LogP contribution in [0.2, 0.25) is 0 Å². The second-order valence-electron chi connectivity index (χ2n) is 7.59. The third-order valence-electron chi connectivity index (χ3n) is 5.49. The van der Waals surface area contributed by atoms with E-state index in [1.54, 1.807) is 6.92 Å². The molecule has 0 amide bonds. The summed E-state index contributed by atoms with van der Waals surface area (Å²) in [6.45, 7) is 11.9. The molecule has 5 atom stereocenters. The highest BCUT2D eigenvalue weighted by atomic mass is 16.6. The Labute approximate surface area is 186 Å². The molecule has 1 saturated heterocycles. The predicted molar refractivity (Wildman–Crippen MR) is 112 cm³/mol. The third kappa shape index (κ3) is 5.16. The highest BCUT2D eigenvalue weighted by molar-refractivity contribution is 5.93. The molecule has 0 unspecified atom stereocenters. The van der Waals surface area contributed by atoms with Gasteiger partial charge in [0.05, 0.1) is 18.6 Å². The van der Waals surface area contributed by atoms with Crippen LogP contribution in [0, 0.1) is 5.92 Å². The van der Waals surface area contributed by atoms with Crippen molar-refractivity contribution >= 4 is 23.9 Å². The topological polar surface area (TPSA) is 125 Å². The van der Waals surface area contributed by atoms with Crippen molar-refractivity contribution < 1.29 is 43.2 Å². The van der Waals surface area contributed by atoms with Gasteiger partial charge in [0.15, 0.2) is 12.2 Å². The molecule has 0 aromatic carbocycles. The summed E-state index contributed by atoms with van der Waals surface area (Å²) in [6, 6.07) is 0. The number of carbonyl (C=O) groups excluding carboxylic acids is 4. The fourth-order valence-electron chi connectivity index (χ4n) is 3.62. The second kappa shape index (κ2) is 10.4. The number of ether oxygens (including phenoxy) is 4. The molecule has 0 saturated carbocycles. The van der Waals surface area contributed by atoms with Crippen LogP contribution in [0.4, 0.5) is 0 Å². The number of carbonyl (C=O) groups is 4. The lowest BCUT2D eigenvalue weighted by atomic mass is 9.80.